The number of methoxy groups -OCH3 is 1. The van der Waals surface area contributed by atoms with Crippen LogP contribution in [0.15, 0.2) is 30.6 Å². The minimum Gasteiger partial charge on any atom is -0.494 e. The number of hydrogen-bond donors (Lipinski definition) is 1. The van der Waals surface area contributed by atoms with Gasteiger partial charge in [-0.1, -0.05) is 11.3 Å². The number of hydrogen-bond acceptors (Lipinski definition) is 4. The fourth-order valence-corrected chi connectivity index (χ4v) is 1.81. The fourth-order valence-electron chi connectivity index (χ4n) is 1.81. The molecule has 1 heterocycles. The van der Waals surface area contributed by atoms with Crippen molar-refractivity contribution in [3.8, 4) is 5.75 Å². The number of ether oxygens (including phenoxy) is 1. The first-order valence-electron chi connectivity index (χ1n) is 6.11. The van der Waals surface area contributed by atoms with Crippen molar-refractivity contribution < 1.29 is 9.13 Å². The highest BCUT2D eigenvalue weighted by Gasteiger charge is 2.09. The zero-order valence-corrected chi connectivity index (χ0v) is 11.0. The summed E-state index contributed by atoms with van der Waals surface area (Å²) in [5, 5.41) is 11.0. The van der Waals surface area contributed by atoms with E-state index in [0.717, 1.165) is 18.7 Å². The average molecular weight is 264 g/mol. The van der Waals surface area contributed by atoms with Crippen molar-refractivity contribution in [3.05, 3.63) is 42.0 Å². The zero-order valence-electron chi connectivity index (χ0n) is 11.0. The normalized spacial score (nSPS) is 12.4. The van der Waals surface area contributed by atoms with Crippen LogP contribution in [0.2, 0.25) is 0 Å². The van der Waals surface area contributed by atoms with E-state index in [4.69, 9.17) is 4.74 Å². The molecular formula is C13H17FN4O. The standard InChI is InChI=1S/C13H17FN4O/c1-10(15-5-7-18-8-6-16-17-18)11-3-4-12(14)13(9-11)19-2/h3-4,6,8-10,15H,5,7H2,1-2H3. The maximum atomic E-state index is 13.3. The van der Waals surface area contributed by atoms with E-state index in [0.29, 0.717) is 0 Å². The first-order valence-corrected chi connectivity index (χ1v) is 6.11. The Morgan fingerprint density at radius 3 is 3.00 bits per heavy atom. The van der Waals surface area contributed by atoms with Crippen LogP contribution < -0.4 is 10.1 Å². The van der Waals surface area contributed by atoms with Gasteiger partial charge in [-0.05, 0) is 24.6 Å². The van der Waals surface area contributed by atoms with Crippen LogP contribution in [0.25, 0.3) is 0 Å². The average Bonchev–Trinajstić information content (AvgIpc) is 2.92. The zero-order chi connectivity index (χ0) is 13.7. The summed E-state index contributed by atoms with van der Waals surface area (Å²) in [6.07, 6.45) is 3.46. The summed E-state index contributed by atoms with van der Waals surface area (Å²) in [6.45, 7) is 3.51. The van der Waals surface area contributed by atoms with Crippen molar-refractivity contribution in [2.24, 2.45) is 0 Å². The third kappa shape index (κ3) is 3.51. The van der Waals surface area contributed by atoms with Crippen LogP contribution in [0.3, 0.4) is 0 Å². The van der Waals surface area contributed by atoms with Crippen molar-refractivity contribution in [2.45, 2.75) is 19.5 Å². The Bertz CT molecular complexity index is 515. The fraction of sp³-hybridized carbons (Fsp3) is 0.385. The third-order valence-corrected chi connectivity index (χ3v) is 2.94. The van der Waals surface area contributed by atoms with Gasteiger partial charge in [0.2, 0.25) is 0 Å². The predicted molar refractivity (Wildman–Crippen MR) is 69.4 cm³/mol. The molecule has 0 radical (unpaired) electrons. The van der Waals surface area contributed by atoms with Gasteiger partial charge in [-0.25, -0.2) is 4.39 Å². The van der Waals surface area contributed by atoms with E-state index < -0.39 is 0 Å². The second-order valence-electron chi connectivity index (χ2n) is 4.24. The minimum atomic E-state index is -0.346. The van der Waals surface area contributed by atoms with Gasteiger partial charge in [-0.15, -0.1) is 5.10 Å². The van der Waals surface area contributed by atoms with Gasteiger partial charge in [-0.2, -0.15) is 0 Å². The van der Waals surface area contributed by atoms with E-state index in [1.165, 1.54) is 13.2 Å². The van der Waals surface area contributed by atoms with E-state index in [1.54, 1.807) is 23.0 Å². The van der Waals surface area contributed by atoms with E-state index in [1.807, 2.05) is 13.1 Å². The highest BCUT2D eigenvalue weighted by atomic mass is 19.1. The molecule has 1 N–H and O–H groups in total. The summed E-state index contributed by atoms with van der Waals surface area (Å²) in [4.78, 5) is 0. The molecule has 1 aromatic carbocycles. The number of aromatic nitrogens is 3. The summed E-state index contributed by atoms with van der Waals surface area (Å²) in [7, 11) is 1.46. The molecule has 102 valence electrons. The van der Waals surface area contributed by atoms with Crippen molar-refractivity contribution in [2.75, 3.05) is 13.7 Å². The van der Waals surface area contributed by atoms with Crippen LogP contribution in [0, 0.1) is 5.82 Å². The van der Waals surface area contributed by atoms with Crippen LogP contribution >= 0.6 is 0 Å². The highest BCUT2D eigenvalue weighted by molar-refractivity contribution is 5.31. The summed E-state index contributed by atoms with van der Waals surface area (Å²) in [5.41, 5.74) is 0.983. The Morgan fingerprint density at radius 1 is 1.47 bits per heavy atom. The van der Waals surface area contributed by atoms with Gasteiger partial charge in [0.1, 0.15) is 0 Å². The quantitative estimate of drug-likeness (QED) is 0.864. The molecule has 0 saturated carbocycles. The molecule has 1 atom stereocenters. The van der Waals surface area contributed by atoms with Gasteiger partial charge in [0, 0.05) is 18.8 Å². The maximum Gasteiger partial charge on any atom is 0.165 e. The maximum absolute atomic E-state index is 13.3. The van der Waals surface area contributed by atoms with E-state index in [2.05, 4.69) is 15.6 Å². The van der Waals surface area contributed by atoms with E-state index >= 15 is 0 Å². The lowest BCUT2D eigenvalue weighted by Crippen LogP contribution is -2.23. The van der Waals surface area contributed by atoms with Crippen LogP contribution in [0.1, 0.15) is 18.5 Å². The number of benzene rings is 1. The lowest BCUT2D eigenvalue weighted by Gasteiger charge is -2.15. The largest absolute Gasteiger partial charge is 0.494 e. The highest BCUT2D eigenvalue weighted by Crippen LogP contribution is 2.22. The summed E-state index contributed by atoms with van der Waals surface area (Å²) < 4.78 is 20.0. The first kappa shape index (κ1) is 13.5. The molecule has 2 aromatic rings. The van der Waals surface area contributed by atoms with E-state index in [-0.39, 0.29) is 17.6 Å². The summed E-state index contributed by atoms with van der Waals surface area (Å²) in [5.74, 6) is -0.0801. The third-order valence-electron chi connectivity index (χ3n) is 2.94. The van der Waals surface area contributed by atoms with Crippen LogP contribution in [-0.4, -0.2) is 28.6 Å². The number of nitrogens with one attached hydrogen (secondary N) is 1. The second-order valence-corrected chi connectivity index (χ2v) is 4.24. The molecule has 6 heteroatoms. The number of halogens is 1. The van der Waals surface area contributed by atoms with Gasteiger partial charge in [0.05, 0.1) is 19.9 Å². The monoisotopic (exact) mass is 264 g/mol. The van der Waals surface area contributed by atoms with E-state index in [9.17, 15) is 4.39 Å². The molecule has 2 rings (SSSR count). The van der Waals surface area contributed by atoms with Gasteiger partial charge < -0.3 is 10.1 Å². The van der Waals surface area contributed by atoms with Gasteiger partial charge in [-0.3, -0.25) is 4.68 Å². The molecule has 0 aliphatic rings. The lowest BCUT2D eigenvalue weighted by molar-refractivity contribution is 0.385. The Morgan fingerprint density at radius 2 is 2.32 bits per heavy atom. The van der Waals surface area contributed by atoms with Gasteiger partial charge in [0.25, 0.3) is 0 Å². The summed E-state index contributed by atoms with van der Waals surface area (Å²) >= 11 is 0. The molecule has 1 aromatic heterocycles. The molecule has 0 bridgehead atoms. The SMILES string of the molecule is COc1cc(C(C)NCCn2ccnn2)ccc1F. The van der Waals surface area contributed by atoms with Crippen molar-refractivity contribution in [3.63, 3.8) is 0 Å². The Kier molecular flexibility index (Phi) is 4.46. The van der Waals surface area contributed by atoms with Crippen molar-refractivity contribution in [1.82, 2.24) is 20.3 Å². The molecule has 0 aliphatic heterocycles. The molecular weight excluding hydrogens is 247 g/mol. The first-order chi connectivity index (χ1) is 9.20. The van der Waals surface area contributed by atoms with Gasteiger partial charge in [0.15, 0.2) is 11.6 Å². The molecule has 0 aliphatic carbocycles. The minimum absolute atomic E-state index is 0.109. The Labute approximate surface area is 111 Å². The topological polar surface area (TPSA) is 52.0 Å². The lowest BCUT2D eigenvalue weighted by atomic mass is 10.1. The smallest absolute Gasteiger partial charge is 0.165 e. The molecule has 0 fully saturated rings. The van der Waals surface area contributed by atoms with Gasteiger partial charge >= 0.3 is 0 Å². The molecule has 1 unspecified atom stereocenters. The number of rotatable bonds is 6. The van der Waals surface area contributed by atoms with Crippen LogP contribution in [0.4, 0.5) is 4.39 Å². The van der Waals surface area contributed by atoms with Crippen LogP contribution in [-0.2, 0) is 6.54 Å². The summed E-state index contributed by atoms with van der Waals surface area (Å²) in [6, 6.07) is 5.00. The molecule has 5 nitrogen and oxygen atoms in total. The van der Waals surface area contributed by atoms with Crippen LogP contribution in [0.5, 0.6) is 5.75 Å². The Hall–Kier alpha value is -1.95. The molecule has 0 amide bonds. The second kappa shape index (κ2) is 6.29. The Balaban J connectivity index is 1.90. The molecule has 0 saturated heterocycles. The predicted octanol–water partition coefficient (Wildman–Crippen LogP) is 1.78. The number of nitrogens with zero attached hydrogens (tertiary/aromatic N) is 3. The van der Waals surface area contributed by atoms with Crippen molar-refractivity contribution in [1.29, 1.82) is 0 Å². The molecule has 0 spiro atoms. The molecule has 19 heavy (non-hydrogen) atoms. The van der Waals surface area contributed by atoms with Crippen molar-refractivity contribution >= 4 is 0 Å².